The number of methoxy groups -OCH3 is 1. The minimum atomic E-state index is -0.708. The molecule has 4 atom stereocenters. The quantitative estimate of drug-likeness (QED) is 0.114. The van der Waals surface area contributed by atoms with Crippen LogP contribution < -0.4 is 11.1 Å². The third-order valence-corrected chi connectivity index (χ3v) is 11.2. The molecule has 0 spiro atoms. The fourth-order valence-corrected chi connectivity index (χ4v) is 8.09. The average Bonchev–Trinajstić information content (AvgIpc) is 4.09. The van der Waals surface area contributed by atoms with Crippen molar-refractivity contribution in [2.24, 2.45) is 11.7 Å². The lowest BCUT2D eigenvalue weighted by Gasteiger charge is -2.30. The number of nitrogens with zero attached hydrogens (tertiary/aromatic N) is 5. The molecule has 8 rings (SSSR count). The van der Waals surface area contributed by atoms with Gasteiger partial charge in [-0.15, -0.1) is 0 Å². The molecule has 0 radical (unpaired) electrons. The number of amides is 3. The highest BCUT2D eigenvalue weighted by molar-refractivity contribution is 5.90. The third-order valence-electron chi connectivity index (χ3n) is 11.2. The molecule has 5 heterocycles. The highest BCUT2D eigenvalue weighted by atomic mass is 16.5. The first kappa shape index (κ1) is 37.6. The number of nitrogens with one attached hydrogen (secondary N) is 3. The van der Waals surface area contributed by atoms with Crippen LogP contribution >= 0.6 is 0 Å². The summed E-state index contributed by atoms with van der Waals surface area (Å²) in [4.78, 5) is 63.8. The second-order valence-corrected chi connectivity index (χ2v) is 15.2. The molecule has 5 N–H and O–H groups in total. The number of hydrogen-bond acceptors (Lipinski definition) is 8. The van der Waals surface area contributed by atoms with Gasteiger partial charge in [-0.2, -0.15) is 0 Å². The Morgan fingerprint density at radius 3 is 2.09 bits per heavy atom. The minimum Gasteiger partial charge on any atom is -0.453 e. The van der Waals surface area contributed by atoms with Crippen LogP contribution in [0.25, 0.3) is 44.5 Å². The number of imidazole rings is 2. The summed E-state index contributed by atoms with van der Waals surface area (Å²) in [5.41, 5.74) is 12.5. The first-order chi connectivity index (χ1) is 27.7. The van der Waals surface area contributed by atoms with Crippen LogP contribution in [0, 0.1) is 5.92 Å². The summed E-state index contributed by atoms with van der Waals surface area (Å²) in [7, 11) is 1.29. The zero-order valence-electron chi connectivity index (χ0n) is 32.3. The molecule has 3 aromatic heterocycles. The van der Waals surface area contributed by atoms with Gasteiger partial charge in [-0.25, -0.2) is 14.8 Å². The fourth-order valence-electron chi connectivity index (χ4n) is 8.09. The van der Waals surface area contributed by atoms with Crippen molar-refractivity contribution in [2.45, 2.75) is 63.7 Å². The van der Waals surface area contributed by atoms with E-state index >= 15 is 0 Å². The summed E-state index contributed by atoms with van der Waals surface area (Å²) < 4.78 is 4.76. The largest absolute Gasteiger partial charge is 0.453 e. The molecule has 0 aliphatic carbocycles. The molecule has 0 saturated carbocycles. The van der Waals surface area contributed by atoms with Crippen LogP contribution in [0.15, 0.2) is 97.5 Å². The number of H-pyrrole nitrogens is 2. The maximum Gasteiger partial charge on any atom is 0.407 e. The molecule has 2 aliphatic heterocycles. The van der Waals surface area contributed by atoms with E-state index in [1.54, 1.807) is 11.1 Å². The van der Waals surface area contributed by atoms with E-state index in [1.807, 2.05) is 73.6 Å². The molecule has 2 aliphatic rings. The van der Waals surface area contributed by atoms with Crippen molar-refractivity contribution in [2.75, 3.05) is 20.2 Å². The van der Waals surface area contributed by atoms with Crippen molar-refractivity contribution in [3.8, 4) is 33.8 Å². The number of likely N-dealkylation sites (tertiary alicyclic amines) is 2. The molecule has 292 valence electrons. The molecule has 6 aromatic rings. The molecule has 13 nitrogen and oxygen atoms in total. The number of carbonyl (C=O) groups excluding carboxylic acids is 3. The smallest absolute Gasteiger partial charge is 0.407 e. The van der Waals surface area contributed by atoms with Crippen molar-refractivity contribution in [3.05, 3.63) is 115 Å². The number of aromatic amines is 2. The molecular formula is C44H47N9O4. The number of nitrogens with two attached hydrogens (primary N) is 1. The monoisotopic (exact) mass is 765 g/mol. The van der Waals surface area contributed by atoms with E-state index in [2.05, 4.69) is 56.7 Å². The summed E-state index contributed by atoms with van der Waals surface area (Å²) in [6, 6.07) is 24.3. The summed E-state index contributed by atoms with van der Waals surface area (Å²) >= 11 is 0. The van der Waals surface area contributed by atoms with Crippen LogP contribution in [-0.4, -0.2) is 78.9 Å². The van der Waals surface area contributed by atoms with Crippen molar-refractivity contribution in [1.82, 2.24) is 40.0 Å². The number of benzene rings is 3. The zero-order chi connectivity index (χ0) is 39.6. The summed E-state index contributed by atoms with van der Waals surface area (Å²) in [5, 5.41) is 4.85. The molecular weight excluding hydrogens is 719 g/mol. The lowest BCUT2D eigenvalue weighted by molar-refractivity contribution is -0.135. The van der Waals surface area contributed by atoms with E-state index in [-0.39, 0.29) is 29.8 Å². The molecule has 3 amide bonds. The minimum absolute atomic E-state index is 0.0865. The number of alkyl carbamates (subject to hydrolysis) is 1. The van der Waals surface area contributed by atoms with Crippen LogP contribution in [0.3, 0.4) is 0 Å². The Hall–Kier alpha value is -6.34. The standard InChI is InChI=1S/C44H47N9O4/c1-26(2)39(51-44(56)57-3)43(55)53-20-8-12-37(53)41-48-25-35(50-41)32-17-18-33(46-23-32)30-15-13-29-22-31(16-14-28(29)21-30)34-24-47-40(49-34)36-11-7-19-52(36)42(54)38(45)27-9-5-4-6-10-27/h4-6,9-10,13-18,21-26,36-39H,7-8,11-12,19-20,45H2,1-3H3,(H,47,49)(H,48,50)(H,51,56)/t36-,37-,38+,39-/m0/s1. The molecule has 3 aromatic carbocycles. The first-order valence-electron chi connectivity index (χ1n) is 19.6. The number of pyridine rings is 1. The van der Waals surface area contributed by atoms with Gasteiger partial charge in [0.1, 0.15) is 23.7 Å². The second-order valence-electron chi connectivity index (χ2n) is 15.2. The van der Waals surface area contributed by atoms with Gasteiger partial charge in [0.25, 0.3) is 0 Å². The molecule has 0 unspecified atom stereocenters. The first-order valence-corrected chi connectivity index (χ1v) is 19.6. The summed E-state index contributed by atoms with van der Waals surface area (Å²) in [6.45, 7) is 5.05. The molecule has 2 fully saturated rings. The van der Waals surface area contributed by atoms with Crippen LogP contribution in [-0.2, 0) is 14.3 Å². The van der Waals surface area contributed by atoms with E-state index in [4.69, 9.17) is 20.4 Å². The van der Waals surface area contributed by atoms with Crippen LogP contribution in [0.4, 0.5) is 4.79 Å². The van der Waals surface area contributed by atoms with Crippen LogP contribution in [0.2, 0.25) is 0 Å². The number of carbonyl (C=O) groups is 3. The lowest BCUT2D eigenvalue weighted by atomic mass is 10.0. The third kappa shape index (κ3) is 7.62. The van der Waals surface area contributed by atoms with Gasteiger partial charge in [0.15, 0.2) is 0 Å². The predicted molar refractivity (Wildman–Crippen MR) is 217 cm³/mol. The van der Waals surface area contributed by atoms with Crippen molar-refractivity contribution >= 4 is 28.7 Å². The Labute approximate surface area is 331 Å². The molecule has 57 heavy (non-hydrogen) atoms. The second kappa shape index (κ2) is 16.0. The molecule has 13 heteroatoms. The number of hydrogen-bond donors (Lipinski definition) is 4. The van der Waals surface area contributed by atoms with E-state index in [1.165, 1.54) is 7.11 Å². The van der Waals surface area contributed by atoms with E-state index in [0.29, 0.717) is 18.9 Å². The van der Waals surface area contributed by atoms with E-state index in [9.17, 15) is 14.4 Å². The van der Waals surface area contributed by atoms with Crippen LogP contribution in [0.5, 0.6) is 0 Å². The molecule has 0 bridgehead atoms. The van der Waals surface area contributed by atoms with Crippen molar-refractivity contribution in [3.63, 3.8) is 0 Å². The van der Waals surface area contributed by atoms with Gasteiger partial charge < -0.3 is 35.6 Å². The highest BCUT2D eigenvalue weighted by Crippen LogP contribution is 2.36. The average molecular weight is 766 g/mol. The topological polar surface area (TPSA) is 175 Å². The number of rotatable bonds is 10. The highest BCUT2D eigenvalue weighted by Gasteiger charge is 2.38. The van der Waals surface area contributed by atoms with Gasteiger partial charge in [-0.1, -0.05) is 68.4 Å². The Balaban J connectivity index is 0.939. The summed E-state index contributed by atoms with van der Waals surface area (Å²) in [5.74, 6) is 1.14. The van der Waals surface area contributed by atoms with Gasteiger partial charge in [0.2, 0.25) is 11.8 Å². The van der Waals surface area contributed by atoms with Gasteiger partial charge in [-0.05, 0) is 72.2 Å². The number of ether oxygens (including phenoxy) is 1. The maximum atomic E-state index is 13.5. The van der Waals surface area contributed by atoms with Gasteiger partial charge in [0, 0.05) is 42.2 Å². The number of aromatic nitrogens is 5. The summed E-state index contributed by atoms with van der Waals surface area (Å²) in [6.07, 6.45) is 8.24. The Morgan fingerprint density at radius 2 is 1.44 bits per heavy atom. The maximum absolute atomic E-state index is 13.5. The lowest BCUT2D eigenvalue weighted by Crippen LogP contribution is -2.51. The van der Waals surface area contributed by atoms with E-state index < -0.39 is 18.2 Å². The Bertz CT molecular complexity index is 2390. The Kier molecular flexibility index (Phi) is 10.6. The fraction of sp³-hybridized carbons (Fsp3) is 0.318. The van der Waals surface area contributed by atoms with Crippen LogP contribution in [0.1, 0.15) is 74.9 Å². The van der Waals surface area contributed by atoms with Crippen molar-refractivity contribution < 1.29 is 19.1 Å². The van der Waals surface area contributed by atoms with E-state index in [0.717, 1.165) is 81.6 Å². The van der Waals surface area contributed by atoms with Gasteiger partial charge in [-0.3, -0.25) is 14.6 Å². The van der Waals surface area contributed by atoms with Gasteiger partial charge >= 0.3 is 6.09 Å². The van der Waals surface area contributed by atoms with Gasteiger partial charge in [0.05, 0.1) is 42.5 Å². The molecule has 2 saturated heterocycles. The van der Waals surface area contributed by atoms with Crippen molar-refractivity contribution in [1.29, 1.82) is 0 Å². The number of fused-ring (bicyclic) bond motifs is 1. The zero-order valence-corrected chi connectivity index (χ0v) is 32.3. The Morgan fingerprint density at radius 1 is 0.789 bits per heavy atom. The normalized spacial score (nSPS) is 17.9. The predicted octanol–water partition coefficient (Wildman–Crippen LogP) is 7.09. The SMILES string of the molecule is COC(=O)N[C@H](C(=O)N1CCC[C@H]1c1ncc(-c2ccc(-c3ccc4cc(-c5c[nH]c([C@@H]6CCCN6C(=O)[C@H](N)c6ccccc6)n5)ccc4c3)nc2)[nH]1)C(C)C.